The minimum atomic E-state index is -0.175. The first-order chi connectivity index (χ1) is 12.9. The standard InChI is InChI=1S/C20H23N3O4/c1-13-5-4-6-16(14(13)2)22-20(25)11-23(3)10-19(24)21-15-7-8-17-18(9-15)27-12-26-17/h4-9H,10-12H2,1-3H3,(H,21,24)(H,22,25)/p+1. The van der Waals surface area contributed by atoms with Crippen LogP contribution in [0.1, 0.15) is 11.1 Å². The molecule has 142 valence electrons. The van der Waals surface area contributed by atoms with Crippen LogP contribution in [-0.2, 0) is 9.59 Å². The third-order valence-electron chi connectivity index (χ3n) is 4.46. The van der Waals surface area contributed by atoms with E-state index >= 15 is 0 Å². The number of ether oxygens (including phenoxy) is 2. The van der Waals surface area contributed by atoms with Crippen LogP contribution < -0.4 is 25.0 Å². The summed E-state index contributed by atoms with van der Waals surface area (Å²) in [6.07, 6.45) is 0. The van der Waals surface area contributed by atoms with Gasteiger partial charge in [0.1, 0.15) is 0 Å². The molecule has 1 unspecified atom stereocenters. The fraction of sp³-hybridized carbons (Fsp3) is 0.300. The molecule has 0 aromatic heterocycles. The maximum atomic E-state index is 12.3. The van der Waals surface area contributed by atoms with E-state index in [-0.39, 0.29) is 31.7 Å². The van der Waals surface area contributed by atoms with Gasteiger partial charge in [0.05, 0.1) is 7.05 Å². The number of hydrogen-bond donors (Lipinski definition) is 3. The van der Waals surface area contributed by atoms with Gasteiger partial charge in [-0.15, -0.1) is 0 Å². The highest BCUT2D eigenvalue weighted by Crippen LogP contribution is 2.34. The molecule has 0 aliphatic carbocycles. The van der Waals surface area contributed by atoms with Gasteiger partial charge in [-0.2, -0.15) is 0 Å². The average molecular weight is 370 g/mol. The molecule has 0 bridgehead atoms. The lowest BCUT2D eigenvalue weighted by Crippen LogP contribution is -3.11. The predicted molar refractivity (Wildman–Crippen MR) is 102 cm³/mol. The first-order valence-corrected chi connectivity index (χ1v) is 8.79. The van der Waals surface area contributed by atoms with E-state index < -0.39 is 0 Å². The second kappa shape index (κ2) is 8.09. The lowest BCUT2D eigenvalue weighted by molar-refractivity contribution is -0.862. The molecule has 3 N–H and O–H groups in total. The van der Waals surface area contributed by atoms with E-state index in [0.29, 0.717) is 17.2 Å². The Bertz CT molecular complexity index is 866. The fourth-order valence-corrected chi connectivity index (χ4v) is 2.87. The van der Waals surface area contributed by atoms with Crippen molar-refractivity contribution < 1.29 is 24.0 Å². The van der Waals surface area contributed by atoms with Gasteiger partial charge >= 0.3 is 0 Å². The molecule has 0 radical (unpaired) electrons. The number of fused-ring (bicyclic) bond motifs is 1. The van der Waals surface area contributed by atoms with E-state index in [1.54, 1.807) is 18.2 Å². The van der Waals surface area contributed by atoms with Crippen LogP contribution in [0.3, 0.4) is 0 Å². The lowest BCUT2D eigenvalue weighted by atomic mass is 10.1. The van der Waals surface area contributed by atoms with E-state index in [1.807, 2.05) is 39.1 Å². The third kappa shape index (κ3) is 4.77. The largest absolute Gasteiger partial charge is 0.454 e. The van der Waals surface area contributed by atoms with E-state index in [0.717, 1.165) is 21.7 Å². The van der Waals surface area contributed by atoms with Crippen LogP contribution in [0.25, 0.3) is 0 Å². The number of anilines is 2. The van der Waals surface area contributed by atoms with Gasteiger partial charge in [0.2, 0.25) is 6.79 Å². The predicted octanol–water partition coefficient (Wildman–Crippen LogP) is 1.12. The first-order valence-electron chi connectivity index (χ1n) is 8.79. The van der Waals surface area contributed by atoms with Crippen LogP contribution in [0.4, 0.5) is 11.4 Å². The molecule has 0 saturated carbocycles. The summed E-state index contributed by atoms with van der Waals surface area (Å²) < 4.78 is 10.5. The quantitative estimate of drug-likeness (QED) is 0.712. The van der Waals surface area contributed by atoms with Crippen molar-refractivity contribution in [1.29, 1.82) is 0 Å². The SMILES string of the molecule is Cc1cccc(NC(=O)C[NH+](C)CC(=O)Nc2ccc3c(c2)OCO3)c1C. The highest BCUT2D eigenvalue weighted by atomic mass is 16.7. The molecule has 2 amide bonds. The molecule has 7 nitrogen and oxygen atoms in total. The third-order valence-corrected chi connectivity index (χ3v) is 4.46. The molecule has 1 atom stereocenters. The van der Waals surface area contributed by atoms with E-state index in [9.17, 15) is 9.59 Å². The van der Waals surface area contributed by atoms with E-state index in [4.69, 9.17) is 9.47 Å². The van der Waals surface area contributed by atoms with Crippen molar-refractivity contribution in [2.45, 2.75) is 13.8 Å². The summed E-state index contributed by atoms with van der Waals surface area (Å²) in [5, 5.41) is 5.73. The number of carbonyl (C=O) groups is 2. The number of aryl methyl sites for hydroxylation is 1. The molecule has 7 heteroatoms. The van der Waals surface area contributed by atoms with Crippen LogP contribution in [0.2, 0.25) is 0 Å². The Kier molecular flexibility index (Phi) is 5.61. The Balaban J connectivity index is 1.49. The fourth-order valence-electron chi connectivity index (χ4n) is 2.87. The molecule has 1 aliphatic heterocycles. The van der Waals surface area contributed by atoms with E-state index in [1.165, 1.54) is 0 Å². The second-order valence-corrected chi connectivity index (χ2v) is 6.72. The summed E-state index contributed by atoms with van der Waals surface area (Å²) in [6, 6.07) is 11.0. The monoisotopic (exact) mass is 370 g/mol. The molecule has 2 aromatic carbocycles. The number of nitrogens with one attached hydrogen (secondary N) is 3. The molecule has 2 aromatic rings. The summed E-state index contributed by atoms with van der Waals surface area (Å²) in [6.45, 7) is 4.54. The first kappa shape index (κ1) is 18.7. The number of hydrogen-bond acceptors (Lipinski definition) is 4. The average Bonchev–Trinajstić information content (AvgIpc) is 3.06. The highest BCUT2D eigenvalue weighted by molar-refractivity contribution is 5.93. The van der Waals surface area contributed by atoms with Gasteiger partial charge in [0.25, 0.3) is 11.8 Å². The molecule has 0 saturated heterocycles. The van der Waals surface area contributed by atoms with Crippen LogP contribution >= 0.6 is 0 Å². The Labute approximate surface area is 158 Å². The summed E-state index contributed by atoms with van der Waals surface area (Å²) in [7, 11) is 1.81. The number of likely N-dealkylation sites (N-methyl/N-ethyl adjacent to an activating group) is 1. The molecule has 1 heterocycles. The zero-order valence-electron chi connectivity index (χ0n) is 15.7. The Morgan fingerprint density at radius 2 is 1.70 bits per heavy atom. The van der Waals surface area contributed by atoms with Crippen LogP contribution in [0.5, 0.6) is 11.5 Å². The molecule has 0 fully saturated rings. The van der Waals surface area contributed by atoms with Crippen molar-refractivity contribution in [1.82, 2.24) is 0 Å². The Hall–Kier alpha value is -3.06. The maximum absolute atomic E-state index is 12.3. The summed E-state index contributed by atoms with van der Waals surface area (Å²) >= 11 is 0. The lowest BCUT2D eigenvalue weighted by Gasteiger charge is -2.15. The van der Waals surface area contributed by atoms with Crippen LogP contribution in [0, 0.1) is 13.8 Å². The Morgan fingerprint density at radius 3 is 2.48 bits per heavy atom. The number of carbonyl (C=O) groups excluding carboxylic acids is 2. The van der Waals surface area contributed by atoms with Gasteiger partial charge in [-0.25, -0.2) is 0 Å². The van der Waals surface area contributed by atoms with Gasteiger partial charge < -0.3 is 25.0 Å². The topological polar surface area (TPSA) is 81.1 Å². The van der Waals surface area contributed by atoms with Crippen molar-refractivity contribution in [2.75, 3.05) is 37.6 Å². The maximum Gasteiger partial charge on any atom is 0.279 e. The summed E-state index contributed by atoms with van der Waals surface area (Å²) in [5.41, 5.74) is 3.61. The Morgan fingerprint density at radius 1 is 1.00 bits per heavy atom. The second-order valence-electron chi connectivity index (χ2n) is 6.72. The smallest absolute Gasteiger partial charge is 0.279 e. The summed E-state index contributed by atoms with van der Waals surface area (Å²) in [5.74, 6) is 0.975. The number of benzene rings is 2. The zero-order chi connectivity index (χ0) is 19.4. The van der Waals surface area contributed by atoms with Crippen molar-refractivity contribution in [3.8, 4) is 11.5 Å². The van der Waals surface area contributed by atoms with Crippen molar-refractivity contribution in [3.05, 3.63) is 47.5 Å². The van der Waals surface area contributed by atoms with Gasteiger partial charge in [0, 0.05) is 17.4 Å². The molecule has 3 rings (SSSR count). The van der Waals surface area contributed by atoms with E-state index in [2.05, 4.69) is 10.6 Å². The highest BCUT2D eigenvalue weighted by Gasteiger charge is 2.17. The molecule has 1 aliphatic rings. The molecular formula is C20H24N3O4+. The van der Waals surface area contributed by atoms with Crippen molar-refractivity contribution in [2.24, 2.45) is 0 Å². The van der Waals surface area contributed by atoms with Gasteiger partial charge in [-0.1, -0.05) is 12.1 Å². The summed E-state index contributed by atoms with van der Waals surface area (Å²) in [4.78, 5) is 25.3. The molecule has 0 spiro atoms. The minimum absolute atomic E-state index is 0.128. The number of amides is 2. The van der Waals surface area contributed by atoms with Gasteiger partial charge in [-0.3, -0.25) is 9.59 Å². The van der Waals surface area contributed by atoms with Crippen LogP contribution in [0.15, 0.2) is 36.4 Å². The van der Waals surface area contributed by atoms with Gasteiger partial charge in [0.15, 0.2) is 24.6 Å². The molecule has 27 heavy (non-hydrogen) atoms. The van der Waals surface area contributed by atoms with Crippen molar-refractivity contribution in [3.63, 3.8) is 0 Å². The number of quaternary nitrogens is 1. The zero-order valence-corrected chi connectivity index (χ0v) is 15.7. The van der Waals surface area contributed by atoms with Crippen LogP contribution in [-0.4, -0.2) is 38.7 Å². The van der Waals surface area contributed by atoms with Gasteiger partial charge in [-0.05, 0) is 43.2 Å². The van der Waals surface area contributed by atoms with Crippen molar-refractivity contribution >= 4 is 23.2 Å². The molecular weight excluding hydrogens is 346 g/mol. The normalized spacial score (nSPS) is 13.1. The minimum Gasteiger partial charge on any atom is -0.454 e. The number of rotatable bonds is 6.